The van der Waals surface area contributed by atoms with Crippen LogP contribution < -0.4 is 14.8 Å². The van der Waals surface area contributed by atoms with Crippen LogP contribution >= 0.6 is 0 Å². The number of fused-ring (bicyclic) bond motifs is 1. The van der Waals surface area contributed by atoms with Gasteiger partial charge in [-0.3, -0.25) is 9.59 Å². The lowest BCUT2D eigenvalue weighted by molar-refractivity contribution is -0.155. The Morgan fingerprint density at radius 1 is 0.935 bits per heavy atom. The van der Waals surface area contributed by atoms with Gasteiger partial charge in [-0.1, -0.05) is 30.3 Å². The molecule has 0 saturated heterocycles. The van der Waals surface area contributed by atoms with Crippen molar-refractivity contribution < 1.29 is 28.6 Å². The van der Waals surface area contributed by atoms with Crippen molar-refractivity contribution in [3.63, 3.8) is 0 Å². The monoisotopic (exact) mass is 421 g/mol. The quantitative estimate of drug-likeness (QED) is 0.437. The van der Waals surface area contributed by atoms with Crippen molar-refractivity contribution in [3.8, 4) is 11.5 Å². The predicted molar refractivity (Wildman–Crippen MR) is 117 cm³/mol. The molecule has 31 heavy (non-hydrogen) atoms. The summed E-state index contributed by atoms with van der Waals surface area (Å²) in [4.78, 5) is 36.0. The summed E-state index contributed by atoms with van der Waals surface area (Å²) in [6.07, 6.45) is -1.01. The van der Waals surface area contributed by atoms with Crippen molar-refractivity contribution in [3.05, 3.63) is 66.2 Å². The normalized spacial score (nSPS) is 11.5. The molecule has 7 heteroatoms. The highest BCUT2D eigenvalue weighted by Gasteiger charge is 2.19. The Labute approximate surface area is 179 Å². The molecule has 0 radical (unpaired) electrons. The predicted octanol–water partition coefficient (Wildman–Crippen LogP) is 4.00. The summed E-state index contributed by atoms with van der Waals surface area (Å²) in [5.41, 5.74) is 1.07. The van der Waals surface area contributed by atoms with Gasteiger partial charge in [0.05, 0.1) is 7.11 Å². The number of hydrogen-bond donors (Lipinski definition) is 1. The lowest BCUT2D eigenvalue weighted by Crippen LogP contribution is -2.31. The average molecular weight is 421 g/mol. The van der Waals surface area contributed by atoms with Gasteiger partial charge in [-0.25, -0.2) is 4.79 Å². The maximum atomic E-state index is 12.4. The van der Waals surface area contributed by atoms with E-state index in [1.165, 1.54) is 27.0 Å². The summed E-state index contributed by atoms with van der Waals surface area (Å²) >= 11 is 0. The lowest BCUT2D eigenvalue weighted by atomic mass is 10.1. The zero-order valence-electron chi connectivity index (χ0n) is 17.5. The Morgan fingerprint density at radius 2 is 1.68 bits per heavy atom. The Hall–Kier alpha value is -3.87. The molecular formula is C24H23NO6. The van der Waals surface area contributed by atoms with Crippen LogP contribution in [0.15, 0.2) is 60.7 Å². The first kappa shape index (κ1) is 21.8. The van der Waals surface area contributed by atoms with Crippen molar-refractivity contribution in [2.24, 2.45) is 0 Å². The molecule has 0 aliphatic carbocycles. The Balaban J connectivity index is 1.55. The molecule has 0 aromatic heterocycles. The summed E-state index contributed by atoms with van der Waals surface area (Å²) in [5, 5.41) is 4.79. The third-order valence-corrected chi connectivity index (χ3v) is 4.61. The molecule has 0 aliphatic rings. The van der Waals surface area contributed by atoms with Crippen molar-refractivity contribution in [2.75, 3.05) is 19.0 Å². The van der Waals surface area contributed by atoms with E-state index < -0.39 is 24.6 Å². The molecule has 160 valence electrons. The number of Topliss-reactive ketones (excluding diaryl/α,β-unsaturated/α-hetero) is 1. The van der Waals surface area contributed by atoms with Crippen molar-refractivity contribution in [1.29, 1.82) is 0 Å². The van der Waals surface area contributed by atoms with E-state index in [1.807, 2.05) is 36.4 Å². The van der Waals surface area contributed by atoms with E-state index in [9.17, 15) is 14.4 Å². The first-order valence-electron chi connectivity index (χ1n) is 9.68. The third-order valence-electron chi connectivity index (χ3n) is 4.61. The van der Waals surface area contributed by atoms with Crippen LogP contribution in [-0.2, 0) is 14.3 Å². The van der Waals surface area contributed by atoms with Crippen LogP contribution in [0.25, 0.3) is 10.8 Å². The molecule has 0 spiro atoms. The summed E-state index contributed by atoms with van der Waals surface area (Å²) < 4.78 is 15.8. The van der Waals surface area contributed by atoms with E-state index in [0.717, 1.165) is 10.8 Å². The minimum absolute atomic E-state index is 0.115. The maximum Gasteiger partial charge on any atom is 0.344 e. The number of hydrogen-bond acceptors (Lipinski definition) is 6. The smallest absolute Gasteiger partial charge is 0.344 e. The third kappa shape index (κ3) is 5.60. The van der Waals surface area contributed by atoms with Crippen LogP contribution in [-0.4, -0.2) is 37.5 Å². The van der Waals surface area contributed by atoms with Gasteiger partial charge in [0.25, 0.3) is 5.91 Å². The number of benzene rings is 3. The van der Waals surface area contributed by atoms with Gasteiger partial charge in [0.2, 0.25) is 0 Å². The van der Waals surface area contributed by atoms with Gasteiger partial charge in [0.15, 0.2) is 30.0 Å². The molecule has 3 rings (SSSR count). The summed E-state index contributed by atoms with van der Waals surface area (Å²) in [6, 6.07) is 18.0. The van der Waals surface area contributed by atoms with Gasteiger partial charge < -0.3 is 19.5 Å². The number of nitrogens with one attached hydrogen (secondary N) is 1. The fourth-order valence-electron chi connectivity index (χ4n) is 2.94. The maximum absolute atomic E-state index is 12.4. The molecule has 1 amide bonds. The van der Waals surface area contributed by atoms with E-state index in [1.54, 1.807) is 18.2 Å². The standard InChI is InChI=1S/C24H23NO6/c1-15(26)18-9-11-21(22(13-18)29-3)30-14-23(27)31-16(2)24(28)25-20-10-8-17-6-4-5-7-19(17)12-20/h4-13,16H,14H2,1-3H3,(H,25,28)/t16-/m0/s1. The second-order valence-corrected chi connectivity index (χ2v) is 6.89. The Kier molecular flexibility index (Phi) is 6.87. The first-order valence-corrected chi connectivity index (χ1v) is 9.68. The molecule has 0 saturated carbocycles. The number of anilines is 1. The molecule has 0 fully saturated rings. The molecule has 0 aliphatic heterocycles. The summed E-state index contributed by atoms with van der Waals surface area (Å²) in [6.45, 7) is 2.51. The Morgan fingerprint density at radius 3 is 2.39 bits per heavy atom. The first-order chi connectivity index (χ1) is 14.9. The fraction of sp³-hybridized carbons (Fsp3) is 0.208. The second-order valence-electron chi connectivity index (χ2n) is 6.89. The highest BCUT2D eigenvalue weighted by atomic mass is 16.6. The number of methoxy groups -OCH3 is 1. The highest BCUT2D eigenvalue weighted by molar-refractivity contribution is 5.97. The Bertz CT molecular complexity index is 1120. The fourth-order valence-corrected chi connectivity index (χ4v) is 2.94. The van der Waals surface area contributed by atoms with Crippen molar-refractivity contribution >= 4 is 34.1 Å². The molecule has 1 atom stereocenters. The molecule has 3 aromatic rings. The summed E-state index contributed by atoms with van der Waals surface area (Å²) in [7, 11) is 1.43. The number of amides is 1. The zero-order valence-corrected chi connectivity index (χ0v) is 17.5. The number of carbonyl (C=O) groups is 3. The number of rotatable bonds is 8. The largest absolute Gasteiger partial charge is 0.493 e. The van der Waals surface area contributed by atoms with E-state index in [4.69, 9.17) is 14.2 Å². The van der Waals surface area contributed by atoms with Crippen LogP contribution in [0.5, 0.6) is 11.5 Å². The van der Waals surface area contributed by atoms with Crippen LogP contribution in [0.3, 0.4) is 0 Å². The molecule has 7 nitrogen and oxygen atoms in total. The molecule has 0 bridgehead atoms. The number of esters is 1. The van der Waals surface area contributed by atoms with Gasteiger partial charge >= 0.3 is 5.97 Å². The van der Waals surface area contributed by atoms with Crippen LogP contribution in [0.1, 0.15) is 24.2 Å². The number of ketones is 1. The van der Waals surface area contributed by atoms with Gasteiger partial charge in [-0.15, -0.1) is 0 Å². The van der Waals surface area contributed by atoms with Gasteiger partial charge in [-0.05, 0) is 55.0 Å². The van der Waals surface area contributed by atoms with E-state index in [-0.39, 0.29) is 11.5 Å². The SMILES string of the molecule is COc1cc(C(C)=O)ccc1OCC(=O)O[C@@H](C)C(=O)Nc1ccc2ccccc2c1. The van der Waals surface area contributed by atoms with Crippen molar-refractivity contribution in [2.45, 2.75) is 20.0 Å². The highest BCUT2D eigenvalue weighted by Crippen LogP contribution is 2.28. The van der Waals surface area contributed by atoms with Crippen LogP contribution in [0.4, 0.5) is 5.69 Å². The van der Waals surface area contributed by atoms with Gasteiger partial charge in [0, 0.05) is 11.3 Å². The number of carbonyl (C=O) groups excluding carboxylic acids is 3. The molecule has 3 aromatic carbocycles. The van der Waals surface area contributed by atoms with Gasteiger partial charge in [0.1, 0.15) is 0 Å². The topological polar surface area (TPSA) is 90.9 Å². The molecule has 1 N–H and O–H groups in total. The van der Waals surface area contributed by atoms with Crippen LogP contribution in [0, 0.1) is 0 Å². The van der Waals surface area contributed by atoms with E-state index in [0.29, 0.717) is 17.0 Å². The van der Waals surface area contributed by atoms with Crippen LogP contribution in [0.2, 0.25) is 0 Å². The second kappa shape index (κ2) is 9.75. The minimum atomic E-state index is -1.01. The van der Waals surface area contributed by atoms with Crippen molar-refractivity contribution in [1.82, 2.24) is 0 Å². The molecule has 0 unspecified atom stereocenters. The zero-order chi connectivity index (χ0) is 22.4. The van der Waals surface area contributed by atoms with E-state index >= 15 is 0 Å². The number of ether oxygens (including phenoxy) is 3. The average Bonchev–Trinajstić information content (AvgIpc) is 2.77. The minimum Gasteiger partial charge on any atom is -0.493 e. The lowest BCUT2D eigenvalue weighted by Gasteiger charge is -2.15. The van der Waals surface area contributed by atoms with Gasteiger partial charge in [-0.2, -0.15) is 0 Å². The van der Waals surface area contributed by atoms with E-state index in [2.05, 4.69) is 5.32 Å². The molecule has 0 heterocycles. The summed E-state index contributed by atoms with van der Waals surface area (Å²) in [5.74, 6) is -0.665. The molecular weight excluding hydrogens is 398 g/mol.